The van der Waals surface area contributed by atoms with Crippen molar-refractivity contribution in [3.8, 4) is 0 Å². The molecule has 0 N–H and O–H groups in total. The molecule has 5 nitrogen and oxygen atoms in total. The largest absolute Gasteiger partial charge is 0.444 e. The molecule has 1 aromatic heterocycles. The lowest BCUT2D eigenvalue weighted by atomic mass is 10.0. The molecule has 0 aliphatic carbocycles. The van der Waals surface area contributed by atoms with Crippen molar-refractivity contribution in [2.75, 3.05) is 18.8 Å². The average molecular weight is 344 g/mol. The first-order valence-electron chi connectivity index (χ1n) is 7.42. The maximum absolute atomic E-state index is 12.1. The molecule has 1 atom stereocenters. The SMILES string of the molecule is CC(C)(C)OC(=O)N1CCC[C@H](CSc2ncc(Cl)cn2)C1. The Morgan fingerprint density at radius 1 is 1.45 bits per heavy atom. The number of amides is 1. The first kappa shape index (κ1) is 17.3. The molecule has 22 heavy (non-hydrogen) atoms. The van der Waals surface area contributed by atoms with Gasteiger partial charge in [-0.1, -0.05) is 23.4 Å². The van der Waals surface area contributed by atoms with E-state index in [0.29, 0.717) is 10.9 Å². The summed E-state index contributed by atoms with van der Waals surface area (Å²) in [5.74, 6) is 1.33. The zero-order chi connectivity index (χ0) is 16.2. The number of piperidine rings is 1. The number of hydrogen-bond donors (Lipinski definition) is 0. The number of thioether (sulfide) groups is 1. The molecule has 7 heteroatoms. The second-order valence-electron chi connectivity index (χ2n) is 6.43. The summed E-state index contributed by atoms with van der Waals surface area (Å²) in [6.45, 7) is 7.17. The number of likely N-dealkylation sites (tertiary alicyclic amines) is 1. The zero-order valence-electron chi connectivity index (χ0n) is 13.2. The Balaban J connectivity index is 1.82. The molecular weight excluding hydrogens is 322 g/mol. The third-order valence-corrected chi connectivity index (χ3v) is 4.52. The Bertz CT molecular complexity index is 505. The van der Waals surface area contributed by atoms with Crippen LogP contribution in [0.4, 0.5) is 4.79 Å². The average Bonchev–Trinajstić information content (AvgIpc) is 2.45. The molecule has 0 spiro atoms. The van der Waals surface area contributed by atoms with Crippen LogP contribution >= 0.6 is 23.4 Å². The highest BCUT2D eigenvalue weighted by molar-refractivity contribution is 7.99. The Morgan fingerprint density at radius 2 is 2.14 bits per heavy atom. The molecule has 1 fully saturated rings. The summed E-state index contributed by atoms with van der Waals surface area (Å²) in [7, 11) is 0. The third kappa shape index (κ3) is 5.65. The third-order valence-electron chi connectivity index (χ3n) is 3.22. The van der Waals surface area contributed by atoms with Gasteiger partial charge in [-0.3, -0.25) is 0 Å². The summed E-state index contributed by atoms with van der Waals surface area (Å²) >= 11 is 7.38. The van der Waals surface area contributed by atoms with Crippen LogP contribution in [0.1, 0.15) is 33.6 Å². The first-order chi connectivity index (χ1) is 10.3. The van der Waals surface area contributed by atoms with Crippen molar-refractivity contribution in [2.24, 2.45) is 5.92 Å². The molecule has 1 aromatic rings. The smallest absolute Gasteiger partial charge is 0.410 e. The second-order valence-corrected chi connectivity index (χ2v) is 7.85. The van der Waals surface area contributed by atoms with Gasteiger partial charge < -0.3 is 9.64 Å². The number of carbonyl (C=O) groups excluding carboxylic acids is 1. The lowest BCUT2D eigenvalue weighted by Gasteiger charge is -2.33. The van der Waals surface area contributed by atoms with Gasteiger partial charge in [-0.2, -0.15) is 0 Å². The van der Waals surface area contributed by atoms with Crippen molar-refractivity contribution >= 4 is 29.5 Å². The Morgan fingerprint density at radius 3 is 2.77 bits per heavy atom. The number of halogens is 1. The monoisotopic (exact) mass is 343 g/mol. The van der Waals surface area contributed by atoms with E-state index in [4.69, 9.17) is 16.3 Å². The van der Waals surface area contributed by atoms with Crippen molar-refractivity contribution < 1.29 is 9.53 Å². The van der Waals surface area contributed by atoms with Gasteiger partial charge in [-0.15, -0.1) is 0 Å². The van der Waals surface area contributed by atoms with Crippen molar-refractivity contribution in [1.29, 1.82) is 0 Å². The van der Waals surface area contributed by atoms with E-state index in [-0.39, 0.29) is 6.09 Å². The van der Waals surface area contributed by atoms with E-state index >= 15 is 0 Å². The molecule has 0 aromatic carbocycles. The molecule has 0 bridgehead atoms. The highest BCUT2D eigenvalue weighted by Gasteiger charge is 2.27. The molecule has 1 saturated heterocycles. The minimum Gasteiger partial charge on any atom is -0.444 e. The van der Waals surface area contributed by atoms with E-state index in [0.717, 1.165) is 36.8 Å². The maximum Gasteiger partial charge on any atom is 0.410 e. The van der Waals surface area contributed by atoms with Crippen LogP contribution in [0.5, 0.6) is 0 Å². The van der Waals surface area contributed by atoms with Gasteiger partial charge in [0.05, 0.1) is 17.4 Å². The van der Waals surface area contributed by atoms with E-state index in [1.54, 1.807) is 24.2 Å². The molecule has 0 radical (unpaired) electrons. The summed E-state index contributed by atoms with van der Waals surface area (Å²) in [4.78, 5) is 22.3. The number of aromatic nitrogens is 2. The molecule has 2 heterocycles. The predicted octanol–water partition coefficient (Wildman–Crippen LogP) is 3.87. The lowest BCUT2D eigenvalue weighted by molar-refractivity contribution is 0.0177. The zero-order valence-corrected chi connectivity index (χ0v) is 14.8. The highest BCUT2D eigenvalue weighted by Crippen LogP contribution is 2.25. The van der Waals surface area contributed by atoms with Crippen molar-refractivity contribution in [2.45, 2.75) is 44.4 Å². The van der Waals surface area contributed by atoms with Gasteiger partial charge in [0.25, 0.3) is 0 Å². The minimum atomic E-state index is -0.448. The van der Waals surface area contributed by atoms with Crippen LogP contribution in [-0.4, -0.2) is 45.4 Å². The van der Waals surface area contributed by atoms with E-state index in [1.165, 1.54) is 0 Å². The van der Waals surface area contributed by atoms with Crippen molar-refractivity contribution in [3.63, 3.8) is 0 Å². The summed E-state index contributed by atoms with van der Waals surface area (Å²) in [5, 5.41) is 1.26. The molecule has 122 valence electrons. The van der Waals surface area contributed by atoms with Gasteiger partial charge in [0.15, 0.2) is 5.16 Å². The summed E-state index contributed by atoms with van der Waals surface area (Å²) < 4.78 is 5.44. The number of hydrogen-bond acceptors (Lipinski definition) is 5. The van der Waals surface area contributed by atoms with Gasteiger partial charge in [0, 0.05) is 18.8 Å². The molecule has 1 amide bonds. The predicted molar refractivity (Wildman–Crippen MR) is 88.3 cm³/mol. The number of carbonyl (C=O) groups is 1. The number of nitrogens with zero attached hydrogens (tertiary/aromatic N) is 3. The van der Waals surface area contributed by atoms with E-state index < -0.39 is 5.60 Å². The van der Waals surface area contributed by atoms with Gasteiger partial charge in [0.2, 0.25) is 0 Å². The van der Waals surface area contributed by atoms with E-state index in [9.17, 15) is 4.79 Å². The van der Waals surface area contributed by atoms with Crippen LogP contribution in [0, 0.1) is 5.92 Å². The second kappa shape index (κ2) is 7.51. The Hall–Kier alpha value is -1.01. The summed E-state index contributed by atoms with van der Waals surface area (Å²) in [6.07, 6.45) is 5.10. The van der Waals surface area contributed by atoms with Crippen LogP contribution in [-0.2, 0) is 4.74 Å². The normalized spacial score (nSPS) is 19.1. The van der Waals surface area contributed by atoms with E-state index in [2.05, 4.69) is 9.97 Å². The Labute approximate surface area is 140 Å². The van der Waals surface area contributed by atoms with Gasteiger partial charge in [0.1, 0.15) is 5.60 Å². The van der Waals surface area contributed by atoms with Crippen LogP contribution in [0.25, 0.3) is 0 Å². The van der Waals surface area contributed by atoms with Crippen LogP contribution in [0.3, 0.4) is 0 Å². The highest BCUT2D eigenvalue weighted by atomic mass is 35.5. The number of ether oxygens (including phenoxy) is 1. The summed E-state index contributed by atoms with van der Waals surface area (Å²) in [5.41, 5.74) is -0.448. The fourth-order valence-corrected chi connectivity index (χ4v) is 3.27. The quantitative estimate of drug-likeness (QED) is 0.616. The van der Waals surface area contributed by atoms with Gasteiger partial charge in [-0.25, -0.2) is 14.8 Å². The fourth-order valence-electron chi connectivity index (χ4n) is 2.26. The Kier molecular flexibility index (Phi) is 5.92. The van der Waals surface area contributed by atoms with Gasteiger partial charge >= 0.3 is 6.09 Å². The van der Waals surface area contributed by atoms with Crippen molar-refractivity contribution in [1.82, 2.24) is 14.9 Å². The molecule has 0 unspecified atom stereocenters. The molecule has 0 saturated carbocycles. The lowest BCUT2D eigenvalue weighted by Crippen LogP contribution is -2.43. The first-order valence-corrected chi connectivity index (χ1v) is 8.78. The van der Waals surface area contributed by atoms with Crippen LogP contribution in [0.15, 0.2) is 17.6 Å². The summed E-state index contributed by atoms with van der Waals surface area (Å²) in [6, 6.07) is 0. The molecule has 2 rings (SSSR count). The van der Waals surface area contributed by atoms with Gasteiger partial charge in [-0.05, 0) is 39.5 Å². The minimum absolute atomic E-state index is 0.218. The van der Waals surface area contributed by atoms with Crippen LogP contribution in [0.2, 0.25) is 5.02 Å². The topological polar surface area (TPSA) is 55.3 Å². The molecular formula is C15H22ClN3O2S. The van der Waals surface area contributed by atoms with E-state index in [1.807, 2.05) is 25.7 Å². The molecule has 1 aliphatic rings. The standard InChI is InChI=1S/C15H22ClN3O2S/c1-15(2,3)21-14(20)19-6-4-5-11(9-19)10-22-13-17-7-12(16)8-18-13/h7-8,11H,4-6,9-10H2,1-3H3/t11-/m0/s1. The molecule has 1 aliphatic heterocycles. The fraction of sp³-hybridized carbons (Fsp3) is 0.667. The number of rotatable bonds is 3. The maximum atomic E-state index is 12.1. The van der Waals surface area contributed by atoms with Crippen LogP contribution < -0.4 is 0 Å². The van der Waals surface area contributed by atoms with Crippen molar-refractivity contribution in [3.05, 3.63) is 17.4 Å².